The molecule has 82 valence electrons. The number of amides is 1. The highest BCUT2D eigenvalue weighted by atomic mass is 16.1. The molecular weight excluding hydrogens is 202 g/mol. The standard InChI is InChI=1S/C12H13N3O/c1-2-6-15-12(16)9-4-3-5-10-11(9)14-8-7-13-10/h3-5,7-8H,2,6H2,1H3,(H,15,16). The lowest BCUT2D eigenvalue weighted by Gasteiger charge is -2.05. The van der Waals surface area contributed by atoms with Crippen LogP contribution in [0.3, 0.4) is 0 Å². The molecule has 0 aliphatic rings. The van der Waals surface area contributed by atoms with Crippen molar-refractivity contribution in [3.63, 3.8) is 0 Å². The summed E-state index contributed by atoms with van der Waals surface area (Å²) in [5.74, 6) is -0.0899. The van der Waals surface area contributed by atoms with E-state index in [0.29, 0.717) is 17.6 Å². The molecular formula is C12H13N3O. The van der Waals surface area contributed by atoms with E-state index in [-0.39, 0.29) is 5.91 Å². The van der Waals surface area contributed by atoms with E-state index in [0.717, 1.165) is 11.9 Å². The highest BCUT2D eigenvalue weighted by molar-refractivity contribution is 6.04. The molecule has 1 aromatic carbocycles. The number of para-hydroxylation sites is 1. The predicted molar refractivity (Wildman–Crippen MR) is 62.2 cm³/mol. The third-order valence-electron chi connectivity index (χ3n) is 2.28. The first-order valence-corrected chi connectivity index (χ1v) is 5.31. The first kappa shape index (κ1) is 10.5. The van der Waals surface area contributed by atoms with Gasteiger partial charge in [-0.25, -0.2) is 0 Å². The molecule has 1 N–H and O–H groups in total. The molecule has 2 rings (SSSR count). The topological polar surface area (TPSA) is 54.9 Å². The zero-order chi connectivity index (χ0) is 11.4. The van der Waals surface area contributed by atoms with Gasteiger partial charge in [-0.15, -0.1) is 0 Å². The zero-order valence-corrected chi connectivity index (χ0v) is 9.10. The Hall–Kier alpha value is -1.97. The second-order valence-electron chi connectivity index (χ2n) is 3.49. The van der Waals surface area contributed by atoms with Crippen molar-refractivity contribution in [3.05, 3.63) is 36.2 Å². The Bertz CT molecular complexity index is 505. The number of hydrogen-bond acceptors (Lipinski definition) is 3. The van der Waals surface area contributed by atoms with Gasteiger partial charge in [0, 0.05) is 18.9 Å². The monoisotopic (exact) mass is 215 g/mol. The molecule has 0 fully saturated rings. The maximum atomic E-state index is 11.8. The SMILES string of the molecule is CCCNC(=O)c1cccc2nccnc12. The Balaban J connectivity index is 2.40. The van der Waals surface area contributed by atoms with E-state index in [4.69, 9.17) is 0 Å². The van der Waals surface area contributed by atoms with Crippen LogP contribution in [0.15, 0.2) is 30.6 Å². The molecule has 0 bridgehead atoms. The lowest BCUT2D eigenvalue weighted by atomic mass is 10.1. The van der Waals surface area contributed by atoms with Crippen LogP contribution in [0.25, 0.3) is 11.0 Å². The van der Waals surface area contributed by atoms with Gasteiger partial charge < -0.3 is 5.32 Å². The maximum absolute atomic E-state index is 11.8. The van der Waals surface area contributed by atoms with E-state index >= 15 is 0 Å². The molecule has 0 atom stereocenters. The predicted octanol–water partition coefficient (Wildman–Crippen LogP) is 1.77. The summed E-state index contributed by atoms with van der Waals surface area (Å²) in [5, 5.41) is 2.83. The van der Waals surface area contributed by atoms with E-state index in [1.165, 1.54) is 0 Å². The number of carbonyl (C=O) groups is 1. The minimum Gasteiger partial charge on any atom is -0.352 e. The van der Waals surface area contributed by atoms with Crippen LogP contribution in [0.4, 0.5) is 0 Å². The van der Waals surface area contributed by atoms with Crippen LogP contribution in [0.1, 0.15) is 23.7 Å². The maximum Gasteiger partial charge on any atom is 0.253 e. The van der Waals surface area contributed by atoms with Gasteiger partial charge in [-0.3, -0.25) is 14.8 Å². The van der Waals surface area contributed by atoms with Gasteiger partial charge >= 0.3 is 0 Å². The van der Waals surface area contributed by atoms with E-state index in [1.54, 1.807) is 18.5 Å². The normalized spacial score (nSPS) is 10.3. The summed E-state index contributed by atoms with van der Waals surface area (Å²) in [7, 11) is 0. The second kappa shape index (κ2) is 4.70. The van der Waals surface area contributed by atoms with Gasteiger partial charge in [-0.1, -0.05) is 13.0 Å². The number of nitrogens with one attached hydrogen (secondary N) is 1. The number of benzene rings is 1. The summed E-state index contributed by atoms with van der Waals surface area (Å²) in [4.78, 5) is 20.2. The molecule has 4 heteroatoms. The third-order valence-corrected chi connectivity index (χ3v) is 2.28. The molecule has 0 saturated heterocycles. The van der Waals surface area contributed by atoms with Gasteiger partial charge in [0.2, 0.25) is 0 Å². The van der Waals surface area contributed by atoms with Gasteiger partial charge in [0.15, 0.2) is 0 Å². The lowest BCUT2D eigenvalue weighted by Crippen LogP contribution is -2.24. The van der Waals surface area contributed by atoms with Gasteiger partial charge in [-0.05, 0) is 18.6 Å². The summed E-state index contributed by atoms with van der Waals surface area (Å²) >= 11 is 0. The Labute approximate surface area is 93.7 Å². The van der Waals surface area contributed by atoms with E-state index in [2.05, 4.69) is 15.3 Å². The minimum absolute atomic E-state index is 0.0899. The number of rotatable bonds is 3. The first-order valence-electron chi connectivity index (χ1n) is 5.31. The van der Waals surface area contributed by atoms with Crippen molar-refractivity contribution >= 4 is 16.9 Å². The number of fused-ring (bicyclic) bond motifs is 1. The number of aromatic nitrogens is 2. The summed E-state index contributed by atoms with van der Waals surface area (Å²) in [5.41, 5.74) is 1.98. The van der Waals surface area contributed by atoms with Crippen molar-refractivity contribution in [3.8, 4) is 0 Å². The van der Waals surface area contributed by atoms with Crippen LogP contribution < -0.4 is 5.32 Å². The molecule has 0 saturated carbocycles. The summed E-state index contributed by atoms with van der Waals surface area (Å²) in [6, 6.07) is 5.43. The van der Waals surface area contributed by atoms with E-state index in [9.17, 15) is 4.79 Å². The molecule has 1 amide bonds. The Morgan fingerprint density at radius 2 is 2.12 bits per heavy atom. The highest BCUT2D eigenvalue weighted by Gasteiger charge is 2.09. The van der Waals surface area contributed by atoms with E-state index in [1.807, 2.05) is 19.1 Å². The fourth-order valence-electron chi connectivity index (χ4n) is 1.51. The molecule has 4 nitrogen and oxygen atoms in total. The molecule has 0 aliphatic carbocycles. The van der Waals surface area contributed by atoms with Gasteiger partial charge in [0.25, 0.3) is 5.91 Å². The van der Waals surface area contributed by atoms with Crippen LogP contribution in [-0.2, 0) is 0 Å². The number of hydrogen-bond donors (Lipinski definition) is 1. The third kappa shape index (κ3) is 2.00. The van der Waals surface area contributed by atoms with Gasteiger partial charge in [-0.2, -0.15) is 0 Å². The lowest BCUT2D eigenvalue weighted by molar-refractivity contribution is 0.0955. The van der Waals surface area contributed by atoms with Crippen LogP contribution >= 0.6 is 0 Å². The highest BCUT2D eigenvalue weighted by Crippen LogP contribution is 2.13. The Morgan fingerprint density at radius 3 is 2.94 bits per heavy atom. The molecule has 16 heavy (non-hydrogen) atoms. The fraction of sp³-hybridized carbons (Fsp3) is 0.250. The van der Waals surface area contributed by atoms with Crippen LogP contribution in [-0.4, -0.2) is 22.4 Å². The number of carbonyl (C=O) groups excluding carboxylic acids is 1. The Kier molecular flexibility index (Phi) is 3.10. The second-order valence-corrected chi connectivity index (χ2v) is 3.49. The average molecular weight is 215 g/mol. The largest absolute Gasteiger partial charge is 0.352 e. The zero-order valence-electron chi connectivity index (χ0n) is 9.10. The smallest absolute Gasteiger partial charge is 0.253 e. The van der Waals surface area contributed by atoms with Crippen molar-refractivity contribution in [2.45, 2.75) is 13.3 Å². The molecule has 0 radical (unpaired) electrons. The van der Waals surface area contributed by atoms with Crippen molar-refractivity contribution in [1.29, 1.82) is 0 Å². The van der Waals surface area contributed by atoms with Crippen LogP contribution in [0, 0.1) is 0 Å². The quantitative estimate of drug-likeness (QED) is 0.848. The van der Waals surface area contributed by atoms with Gasteiger partial charge in [0.1, 0.15) is 5.52 Å². The summed E-state index contributed by atoms with van der Waals surface area (Å²) in [6.45, 7) is 2.69. The van der Waals surface area contributed by atoms with Crippen molar-refractivity contribution in [2.24, 2.45) is 0 Å². The summed E-state index contributed by atoms with van der Waals surface area (Å²) < 4.78 is 0. The van der Waals surface area contributed by atoms with Crippen molar-refractivity contribution in [2.75, 3.05) is 6.54 Å². The van der Waals surface area contributed by atoms with E-state index < -0.39 is 0 Å². The van der Waals surface area contributed by atoms with Crippen LogP contribution in [0.2, 0.25) is 0 Å². The minimum atomic E-state index is -0.0899. The molecule has 0 aliphatic heterocycles. The molecule has 1 aromatic heterocycles. The first-order chi connectivity index (χ1) is 7.83. The van der Waals surface area contributed by atoms with Crippen LogP contribution in [0.5, 0.6) is 0 Å². The number of nitrogens with zero attached hydrogens (tertiary/aromatic N) is 2. The Morgan fingerprint density at radius 1 is 1.31 bits per heavy atom. The molecule has 2 aromatic rings. The summed E-state index contributed by atoms with van der Waals surface area (Å²) in [6.07, 6.45) is 4.14. The van der Waals surface area contributed by atoms with Crippen molar-refractivity contribution in [1.82, 2.24) is 15.3 Å². The molecule has 1 heterocycles. The average Bonchev–Trinajstić information content (AvgIpc) is 2.35. The van der Waals surface area contributed by atoms with Gasteiger partial charge in [0.05, 0.1) is 11.1 Å². The van der Waals surface area contributed by atoms with Crippen molar-refractivity contribution < 1.29 is 4.79 Å². The molecule has 0 spiro atoms. The fourth-order valence-corrected chi connectivity index (χ4v) is 1.51. The molecule has 0 unspecified atom stereocenters.